The van der Waals surface area contributed by atoms with Gasteiger partial charge in [-0.15, -0.1) is 0 Å². The van der Waals surface area contributed by atoms with Crippen LogP contribution in [0.15, 0.2) is 61.1 Å². The second-order valence-electron chi connectivity index (χ2n) is 10.2. The first-order chi connectivity index (χ1) is 20.9. The molecule has 2 aromatic carbocycles. The molecular formula is C29H35N7O8. The van der Waals surface area contributed by atoms with E-state index in [2.05, 4.69) is 25.9 Å². The molecule has 15 nitrogen and oxygen atoms in total. The predicted molar refractivity (Wildman–Crippen MR) is 156 cm³/mol. The van der Waals surface area contributed by atoms with Crippen molar-refractivity contribution in [3.63, 3.8) is 0 Å². The molecule has 0 saturated heterocycles. The molecule has 0 radical (unpaired) electrons. The molecule has 0 fully saturated rings. The lowest BCUT2D eigenvalue weighted by atomic mass is 10.0. The molecule has 1 aromatic heterocycles. The molecule has 234 valence electrons. The Labute approximate surface area is 252 Å². The van der Waals surface area contributed by atoms with Gasteiger partial charge in [0.1, 0.15) is 29.6 Å². The Morgan fingerprint density at radius 1 is 0.750 bits per heavy atom. The average molecular weight is 610 g/mol. The lowest BCUT2D eigenvalue weighted by Crippen LogP contribution is -2.58. The Hall–Kier alpha value is -5.44. The monoisotopic (exact) mass is 609 g/mol. The molecule has 1 heterocycles. The summed E-state index contributed by atoms with van der Waals surface area (Å²) in [4.78, 5) is 69.9. The first kappa shape index (κ1) is 33.1. The Balaban J connectivity index is 1.80. The number of nitrogens with zero attached hydrogens (tertiary/aromatic N) is 1. The van der Waals surface area contributed by atoms with E-state index in [0.29, 0.717) is 16.8 Å². The van der Waals surface area contributed by atoms with Gasteiger partial charge in [-0.2, -0.15) is 0 Å². The first-order valence-electron chi connectivity index (χ1n) is 13.6. The number of rotatable bonds is 16. The van der Waals surface area contributed by atoms with E-state index >= 15 is 0 Å². The normalized spacial score (nSPS) is 13.6. The number of benzene rings is 2. The number of phenols is 2. The molecule has 44 heavy (non-hydrogen) atoms. The second-order valence-corrected chi connectivity index (χ2v) is 10.2. The van der Waals surface area contributed by atoms with Gasteiger partial charge < -0.3 is 47.7 Å². The number of nitrogens with one attached hydrogen (secondary N) is 4. The third-order valence-corrected chi connectivity index (χ3v) is 6.64. The summed E-state index contributed by atoms with van der Waals surface area (Å²) in [6.45, 7) is 0. The van der Waals surface area contributed by atoms with Crippen molar-refractivity contribution in [1.82, 2.24) is 25.9 Å². The molecular weight excluding hydrogens is 574 g/mol. The van der Waals surface area contributed by atoms with Crippen molar-refractivity contribution < 1.29 is 39.3 Å². The number of primary amides is 1. The van der Waals surface area contributed by atoms with Crippen LogP contribution in [0, 0.1) is 0 Å². The highest BCUT2D eigenvalue weighted by Crippen LogP contribution is 2.14. The number of hydrogen-bond donors (Lipinski definition) is 9. The molecule has 4 amide bonds. The maximum Gasteiger partial charge on any atom is 0.326 e. The minimum atomic E-state index is -1.39. The Morgan fingerprint density at radius 3 is 1.75 bits per heavy atom. The van der Waals surface area contributed by atoms with E-state index in [1.165, 1.54) is 61.1 Å². The van der Waals surface area contributed by atoms with Crippen LogP contribution in [0.2, 0.25) is 0 Å². The number of nitrogens with two attached hydrogens (primary N) is 2. The molecule has 0 aliphatic rings. The van der Waals surface area contributed by atoms with Crippen LogP contribution in [0.4, 0.5) is 0 Å². The summed E-state index contributed by atoms with van der Waals surface area (Å²) in [6.07, 6.45) is 2.29. The van der Waals surface area contributed by atoms with Crippen LogP contribution in [-0.2, 0) is 43.2 Å². The van der Waals surface area contributed by atoms with E-state index in [9.17, 15) is 39.3 Å². The van der Waals surface area contributed by atoms with Gasteiger partial charge in [0, 0.05) is 37.6 Å². The quantitative estimate of drug-likeness (QED) is 0.0954. The summed E-state index contributed by atoms with van der Waals surface area (Å²) in [5.74, 6) is -4.48. The molecule has 3 rings (SSSR count). The van der Waals surface area contributed by atoms with Gasteiger partial charge in [0.05, 0.1) is 12.4 Å². The van der Waals surface area contributed by atoms with Crippen molar-refractivity contribution in [1.29, 1.82) is 0 Å². The van der Waals surface area contributed by atoms with Crippen molar-refractivity contribution in [2.45, 2.75) is 56.3 Å². The standard InChI is InChI=1S/C29H35N7O8/c30-21(13-18-14-32-15-33-18)26(40)34-22(9-10-25(31)39)27(41)35-23(11-16-1-5-19(37)6-2-16)28(42)36-24(29(43)44)12-17-3-7-20(38)8-4-17/h1-8,14-15,21-24,37-38H,9-13,30H2,(H2,31,39)(H,32,33)(H,34,40)(H,35,41)(H,36,42)(H,43,44). The van der Waals surface area contributed by atoms with Gasteiger partial charge in [0.2, 0.25) is 23.6 Å². The molecule has 15 heteroatoms. The summed E-state index contributed by atoms with van der Waals surface area (Å²) in [6, 6.07) is 6.47. The number of imidazole rings is 1. The maximum absolute atomic E-state index is 13.4. The minimum absolute atomic E-state index is 0.0124. The smallest absolute Gasteiger partial charge is 0.326 e. The lowest BCUT2D eigenvalue weighted by Gasteiger charge is -2.25. The number of carboxylic acid groups (broad SMARTS) is 1. The number of carbonyl (C=O) groups excluding carboxylic acids is 4. The van der Waals surface area contributed by atoms with Crippen molar-refractivity contribution >= 4 is 29.6 Å². The highest BCUT2D eigenvalue weighted by Gasteiger charge is 2.31. The lowest BCUT2D eigenvalue weighted by molar-refractivity contribution is -0.142. The van der Waals surface area contributed by atoms with E-state index in [1.54, 1.807) is 0 Å². The fourth-order valence-corrected chi connectivity index (χ4v) is 4.25. The van der Waals surface area contributed by atoms with Gasteiger partial charge in [-0.3, -0.25) is 19.2 Å². The number of hydrogen-bond acceptors (Lipinski definition) is 9. The molecule has 0 bridgehead atoms. The van der Waals surface area contributed by atoms with Gasteiger partial charge in [0.25, 0.3) is 0 Å². The number of H-pyrrole nitrogens is 1. The Bertz CT molecular complexity index is 1430. The molecule has 0 saturated carbocycles. The van der Waals surface area contributed by atoms with Crippen LogP contribution in [0.25, 0.3) is 0 Å². The number of aromatic hydroxyl groups is 2. The molecule has 4 atom stereocenters. The SMILES string of the molecule is NC(=O)CCC(NC(=O)C(N)Cc1cnc[nH]1)C(=O)NC(Cc1ccc(O)cc1)C(=O)NC(Cc1ccc(O)cc1)C(=O)O. The third kappa shape index (κ3) is 10.4. The van der Waals surface area contributed by atoms with E-state index in [0.717, 1.165) is 0 Å². The van der Waals surface area contributed by atoms with Crippen LogP contribution in [0.5, 0.6) is 11.5 Å². The maximum atomic E-state index is 13.4. The zero-order chi connectivity index (χ0) is 32.2. The van der Waals surface area contributed by atoms with Crippen LogP contribution < -0.4 is 27.4 Å². The summed E-state index contributed by atoms with van der Waals surface area (Å²) in [5, 5.41) is 36.4. The number of amides is 4. The summed E-state index contributed by atoms with van der Waals surface area (Å²) < 4.78 is 0. The molecule has 0 aliphatic heterocycles. The molecule has 4 unspecified atom stereocenters. The summed E-state index contributed by atoms with van der Waals surface area (Å²) >= 11 is 0. The van der Waals surface area contributed by atoms with Gasteiger partial charge in [0.15, 0.2) is 0 Å². The van der Waals surface area contributed by atoms with Crippen molar-refractivity contribution in [3.05, 3.63) is 77.9 Å². The third-order valence-electron chi connectivity index (χ3n) is 6.64. The van der Waals surface area contributed by atoms with Crippen LogP contribution in [0.3, 0.4) is 0 Å². The number of aromatic nitrogens is 2. The summed E-state index contributed by atoms with van der Waals surface area (Å²) in [5.41, 5.74) is 12.9. The average Bonchev–Trinajstić information content (AvgIpc) is 3.49. The Morgan fingerprint density at radius 2 is 1.25 bits per heavy atom. The molecule has 3 aromatic rings. The highest BCUT2D eigenvalue weighted by molar-refractivity contribution is 5.94. The zero-order valence-electron chi connectivity index (χ0n) is 23.6. The molecule has 0 spiro atoms. The number of carbonyl (C=O) groups is 5. The van der Waals surface area contributed by atoms with Gasteiger partial charge >= 0.3 is 5.97 Å². The van der Waals surface area contributed by atoms with E-state index in [1.807, 2.05) is 0 Å². The number of carboxylic acids is 1. The topological polar surface area (TPSA) is 263 Å². The van der Waals surface area contributed by atoms with Crippen molar-refractivity contribution in [2.24, 2.45) is 11.5 Å². The molecule has 11 N–H and O–H groups in total. The fraction of sp³-hybridized carbons (Fsp3) is 0.310. The number of aromatic amines is 1. The van der Waals surface area contributed by atoms with E-state index < -0.39 is 53.8 Å². The first-order valence-corrected chi connectivity index (χ1v) is 13.6. The fourth-order valence-electron chi connectivity index (χ4n) is 4.25. The van der Waals surface area contributed by atoms with Gasteiger partial charge in [-0.1, -0.05) is 24.3 Å². The number of aliphatic carboxylic acids is 1. The van der Waals surface area contributed by atoms with Crippen LogP contribution in [-0.4, -0.2) is 79.1 Å². The molecule has 0 aliphatic carbocycles. The second kappa shape index (κ2) is 15.7. The van der Waals surface area contributed by atoms with Crippen molar-refractivity contribution in [2.75, 3.05) is 0 Å². The Kier molecular flexibility index (Phi) is 11.8. The number of phenolic OH excluding ortho intramolecular Hbond substituents is 2. The predicted octanol–water partition coefficient (Wildman–Crippen LogP) is -1.02. The van der Waals surface area contributed by atoms with E-state index in [-0.39, 0.29) is 43.6 Å². The van der Waals surface area contributed by atoms with Crippen LogP contribution >= 0.6 is 0 Å². The van der Waals surface area contributed by atoms with E-state index in [4.69, 9.17) is 11.5 Å². The summed E-state index contributed by atoms with van der Waals surface area (Å²) in [7, 11) is 0. The largest absolute Gasteiger partial charge is 0.508 e. The van der Waals surface area contributed by atoms with Gasteiger partial charge in [-0.25, -0.2) is 9.78 Å². The minimum Gasteiger partial charge on any atom is -0.508 e. The zero-order valence-corrected chi connectivity index (χ0v) is 23.6. The van der Waals surface area contributed by atoms with Crippen molar-refractivity contribution in [3.8, 4) is 11.5 Å². The van der Waals surface area contributed by atoms with Gasteiger partial charge in [-0.05, 0) is 41.8 Å². The van der Waals surface area contributed by atoms with Crippen LogP contribution in [0.1, 0.15) is 29.7 Å². The highest BCUT2D eigenvalue weighted by atomic mass is 16.4.